The zero-order valence-corrected chi connectivity index (χ0v) is 17.7. The molecule has 8 atom stereocenters. The fourth-order valence-electron chi connectivity index (χ4n) is 7.92. The molecule has 4 nitrogen and oxygen atoms in total. The summed E-state index contributed by atoms with van der Waals surface area (Å²) in [4.78, 5) is 4.50. The van der Waals surface area contributed by atoms with E-state index >= 15 is 0 Å². The van der Waals surface area contributed by atoms with Crippen molar-refractivity contribution in [2.75, 3.05) is 0 Å². The van der Waals surface area contributed by atoms with Gasteiger partial charge in [0.2, 0.25) is 0 Å². The smallest absolute Gasteiger partial charge is 0.101 e. The van der Waals surface area contributed by atoms with Gasteiger partial charge < -0.3 is 15.3 Å². The number of hydrogen-bond donors (Lipinski definition) is 3. The average molecular weight is 398 g/mol. The Morgan fingerprint density at radius 1 is 1.03 bits per heavy atom. The lowest BCUT2D eigenvalue weighted by Crippen LogP contribution is -2.56. The van der Waals surface area contributed by atoms with E-state index in [1.807, 2.05) is 24.4 Å². The highest BCUT2D eigenvalue weighted by Crippen LogP contribution is 2.67. The molecule has 3 fully saturated rings. The number of rotatable bonds is 2. The molecule has 4 aliphatic rings. The first kappa shape index (κ1) is 19.7. The Balaban J connectivity index is 1.45. The fourth-order valence-corrected chi connectivity index (χ4v) is 7.92. The molecule has 5 rings (SSSR count). The van der Waals surface area contributed by atoms with Gasteiger partial charge in [0.1, 0.15) is 6.10 Å². The fraction of sp³-hybridized carbons (Fsp3) is 0.720. The summed E-state index contributed by atoms with van der Waals surface area (Å²) < 4.78 is 0. The van der Waals surface area contributed by atoms with Gasteiger partial charge in [0.05, 0.1) is 11.7 Å². The van der Waals surface area contributed by atoms with E-state index in [2.05, 4.69) is 24.9 Å². The summed E-state index contributed by atoms with van der Waals surface area (Å²) >= 11 is 0. The molecule has 3 saturated carbocycles. The van der Waals surface area contributed by atoms with E-state index in [-0.39, 0.29) is 10.8 Å². The summed E-state index contributed by atoms with van der Waals surface area (Å²) in [5.41, 5.74) is 1.29. The van der Waals surface area contributed by atoms with Gasteiger partial charge in [-0.15, -0.1) is 0 Å². The van der Waals surface area contributed by atoms with Crippen molar-refractivity contribution in [3.63, 3.8) is 0 Å². The second-order valence-corrected chi connectivity index (χ2v) is 10.8. The number of hydrogen-bond acceptors (Lipinski definition) is 4. The van der Waals surface area contributed by atoms with Gasteiger partial charge in [-0.05, 0) is 91.2 Å². The minimum Gasteiger partial charge on any atom is -0.390 e. The molecule has 0 bridgehead atoms. The molecule has 4 aliphatic carbocycles. The van der Waals surface area contributed by atoms with Crippen molar-refractivity contribution in [3.05, 3.63) is 41.7 Å². The first-order chi connectivity index (χ1) is 13.8. The highest BCUT2D eigenvalue weighted by molar-refractivity contribution is 5.29. The number of aliphatic hydroxyl groups excluding tert-OH is 2. The SMILES string of the molecule is C[C@]12CC[C@H](O)[C@@H](O)C1=CCC1C2CC[C@@]2(C)C1CC[C@@]2(O)Cc1ccccn1. The third-order valence-electron chi connectivity index (χ3n) is 9.69. The van der Waals surface area contributed by atoms with Crippen molar-refractivity contribution in [1.82, 2.24) is 4.98 Å². The molecule has 1 aromatic rings. The minimum absolute atomic E-state index is 0.00934. The summed E-state index contributed by atoms with van der Waals surface area (Å²) in [5.74, 6) is 1.61. The first-order valence-electron chi connectivity index (χ1n) is 11.5. The maximum absolute atomic E-state index is 11.8. The van der Waals surface area contributed by atoms with Crippen LogP contribution in [0, 0.1) is 28.6 Å². The normalized spacial score (nSPS) is 49.0. The average Bonchev–Trinajstić information content (AvgIpc) is 2.97. The third-order valence-corrected chi connectivity index (χ3v) is 9.69. The molecule has 0 saturated heterocycles. The van der Waals surface area contributed by atoms with Gasteiger partial charge in [-0.3, -0.25) is 4.98 Å². The van der Waals surface area contributed by atoms with Gasteiger partial charge in [0, 0.05) is 18.3 Å². The standard InChI is InChI=1S/C25H35NO3/c1-23-11-10-21(27)22(28)20(23)7-6-17-18(23)8-12-24(2)19(17)9-13-25(24,29)15-16-5-3-4-14-26-16/h3-5,7,14,17-19,21-22,27-29H,6,8-13,15H2,1-2H3/t17?,18?,19?,21-,22-,23+,24-,25+/m0/s1. The lowest BCUT2D eigenvalue weighted by atomic mass is 9.46. The van der Waals surface area contributed by atoms with Crippen LogP contribution in [0.2, 0.25) is 0 Å². The van der Waals surface area contributed by atoms with Crippen LogP contribution in [0.4, 0.5) is 0 Å². The molecule has 0 aliphatic heterocycles. The number of aromatic nitrogens is 1. The number of fused-ring (bicyclic) bond motifs is 5. The van der Waals surface area contributed by atoms with E-state index < -0.39 is 17.8 Å². The third kappa shape index (κ3) is 2.72. The zero-order chi connectivity index (χ0) is 20.4. The molecule has 0 spiro atoms. The van der Waals surface area contributed by atoms with Crippen molar-refractivity contribution in [2.45, 2.75) is 83.0 Å². The van der Waals surface area contributed by atoms with Gasteiger partial charge in [-0.2, -0.15) is 0 Å². The Bertz CT molecular complexity index is 810. The summed E-state index contributed by atoms with van der Waals surface area (Å²) in [7, 11) is 0. The molecule has 29 heavy (non-hydrogen) atoms. The summed E-state index contributed by atoms with van der Waals surface area (Å²) in [6.07, 6.45) is 10.1. The van der Waals surface area contributed by atoms with Gasteiger partial charge in [0.25, 0.3) is 0 Å². The predicted octanol–water partition coefficient (Wildman–Crippen LogP) is 3.65. The Labute approximate surface area is 174 Å². The molecule has 0 amide bonds. The number of pyridine rings is 1. The highest BCUT2D eigenvalue weighted by Gasteiger charge is 2.64. The lowest BCUT2D eigenvalue weighted by molar-refractivity contribution is -0.129. The Morgan fingerprint density at radius 2 is 1.83 bits per heavy atom. The van der Waals surface area contributed by atoms with Gasteiger partial charge >= 0.3 is 0 Å². The molecule has 1 heterocycles. The number of nitrogens with zero attached hydrogens (tertiary/aromatic N) is 1. The first-order valence-corrected chi connectivity index (χ1v) is 11.5. The van der Waals surface area contributed by atoms with Crippen LogP contribution in [0.5, 0.6) is 0 Å². The van der Waals surface area contributed by atoms with E-state index in [4.69, 9.17) is 0 Å². The topological polar surface area (TPSA) is 73.6 Å². The molecule has 158 valence electrons. The highest BCUT2D eigenvalue weighted by atomic mass is 16.3. The van der Waals surface area contributed by atoms with Crippen LogP contribution in [-0.2, 0) is 6.42 Å². The maximum Gasteiger partial charge on any atom is 0.101 e. The quantitative estimate of drug-likeness (QED) is 0.666. The van der Waals surface area contributed by atoms with Crippen LogP contribution < -0.4 is 0 Å². The number of aliphatic hydroxyl groups is 3. The zero-order valence-electron chi connectivity index (χ0n) is 17.7. The van der Waals surface area contributed by atoms with E-state index in [0.717, 1.165) is 49.8 Å². The monoisotopic (exact) mass is 397 g/mol. The van der Waals surface area contributed by atoms with Crippen molar-refractivity contribution in [1.29, 1.82) is 0 Å². The summed E-state index contributed by atoms with van der Waals surface area (Å²) in [6, 6.07) is 5.97. The summed E-state index contributed by atoms with van der Waals surface area (Å²) in [6.45, 7) is 4.65. The number of allylic oxidation sites excluding steroid dienone is 1. The Hall–Kier alpha value is -1.23. The van der Waals surface area contributed by atoms with Crippen molar-refractivity contribution in [3.8, 4) is 0 Å². The molecule has 1 aromatic heterocycles. The van der Waals surface area contributed by atoms with Crippen molar-refractivity contribution >= 4 is 0 Å². The van der Waals surface area contributed by atoms with E-state index in [1.165, 1.54) is 0 Å². The van der Waals surface area contributed by atoms with Crippen LogP contribution in [0.15, 0.2) is 36.0 Å². The summed E-state index contributed by atoms with van der Waals surface area (Å²) in [5, 5.41) is 32.7. The van der Waals surface area contributed by atoms with Crippen LogP contribution in [0.25, 0.3) is 0 Å². The van der Waals surface area contributed by atoms with Crippen molar-refractivity contribution in [2.24, 2.45) is 28.6 Å². The predicted molar refractivity (Wildman–Crippen MR) is 112 cm³/mol. The van der Waals surface area contributed by atoms with Crippen LogP contribution in [0.1, 0.15) is 64.5 Å². The molecule has 3 unspecified atom stereocenters. The largest absolute Gasteiger partial charge is 0.390 e. The van der Waals surface area contributed by atoms with Gasteiger partial charge in [0.15, 0.2) is 0 Å². The second kappa shape index (κ2) is 6.63. The molecule has 0 aromatic carbocycles. The van der Waals surface area contributed by atoms with Gasteiger partial charge in [-0.1, -0.05) is 26.0 Å². The molecule has 3 N–H and O–H groups in total. The Morgan fingerprint density at radius 3 is 2.59 bits per heavy atom. The van der Waals surface area contributed by atoms with E-state index in [9.17, 15) is 15.3 Å². The second-order valence-electron chi connectivity index (χ2n) is 10.8. The van der Waals surface area contributed by atoms with Crippen LogP contribution >= 0.6 is 0 Å². The lowest BCUT2D eigenvalue weighted by Gasteiger charge is -2.59. The van der Waals surface area contributed by atoms with Crippen LogP contribution in [0.3, 0.4) is 0 Å². The molecule has 4 heteroatoms. The van der Waals surface area contributed by atoms with Gasteiger partial charge in [-0.25, -0.2) is 0 Å². The van der Waals surface area contributed by atoms with Crippen LogP contribution in [-0.4, -0.2) is 38.1 Å². The molecule has 0 radical (unpaired) electrons. The van der Waals surface area contributed by atoms with E-state index in [0.29, 0.717) is 30.6 Å². The molecular formula is C25H35NO3. The van der Waals surface area contributed by atoms with E-state index in [1.54, 1.807) is 0 Å². The maximum atomic E-state index is 11.8. The Kier molecular flexibility index (Phi) is 4.51. The van der Waals surface area contributed by atoms with Crippen molar-refractivity contribution < 1.29 is 15.3 Å². The minimum atomic E-state index is -0.701. The molecular weight excluding hydrogens is 362 g/mol.